The van der Waals surface area contributed by atoms with Crippen molar-refractivity contribution < 1.29 is 9.72 Å². The maximum absolute atomic E-state index is 12.4. The Balaban J connectivity index is 1.80. The number of amides is 1. The van der Waals surface area contributed by atoms with Gasteiger partial charge in [-0.2, -0.15) is 0 Å². The molecule has 1 heterocycles. The van der Waals surface area contributed by atoms with Gasteiger partial charge in [0.15, 0.2) is 0 Å². The van der Waals surface area contributed by atoms with Crippen molar-refractivity contribution in [2.75, 3.05) is 13.1 Å². The van der Waals surface area contributed by atoms with Gasteiger partial charge in [0.25, 0.3) is 11.6 Å². The van der Waals surface area contributed by atoms with Gasteiger partial charge in [-0.3, -0.25) is 14.9 Å². The number of carbonyl (C=O) groups excluding carboxylic acids is 1. The van der Waals surface area contributed by atoms with Gasteiger partial charge in [0.1, 0.15) is 0 Å². The molecule has 2 aromatic carbocycles. The average molecular weight is 310 g/mol. The van der Waals surface area contributed by atoms with Gasteiger partial charge >= 0.3 is 0 Å². The Kier molecular flexibility index (Phi) is 4.37. The van der Waals surface area contributed by atoms with Crippen LogP contribution < -0.4 is 0 Å². The molecule has 0 spiro atoms. The van der Waals surface area contributed by atoms with E-state index in [-0.39, 0.29) is 11.6 Å². The number of hydrogen-bond donors (Lipinski definition) is 0. The van der Waals surface area contributed by atoms with Gasteiger partial charge in [-0.05, 0) is 42.5 Å². The molecule has 0 unspecified atom stereocenters. The van der Waals surface area contributed by atoms with Crippen LogP contribution in [0.25, 0.3) is 11.1 Å². The molecule has 0 bridgehead atoms. The van der Waals surface area contributed by atoms with E-state index >= 15 is 0 Å². The second-order valence-electron chi connectivity index (χ2n) is 5.74. The SMILES string of the molecule is O=C(c1ccc(-c2cccc([N+](=O)[O-])c2)cc1)N1CCCCC1. The minimum absolute atomic E-state index is 0.0651. The maximum atomic E-state index is 12.4. The Bertz CT molecular complexity index is 719. The molecule has 0 saturated carbocycles. The largest absolute Gasteiger partial charge is 0.339 e. The van der Waals surface area contributed by atoms with Gasteiger partial charge in [0, 0.05) is 30.8 Å². The Hall–Kier alpha value is -2.69. The number of non-ortho nitro benzene ring substituents is 1. The van der Waals surface area contributed by atoms with Gasteiger partial charge in [-0.25, -0.2) is 0 Å². The summed E-state index contributed by atoms with van der Waals surface area (Å²) in [6.45, 7) is 1.65. The fourth-order valence-corrected chi connectivity index (χ4v) is 2.88. The highest BCUT2D eigenvalue weighted by Gasteiger charge is 2.18. The van der Waals surface area contributed by atoms with Gasteiger partial charge in [-0.15, -0.1) is 0 Å². The highest BCUT2D eigenvalue weighted by Crippen LogP contribution is 2.24. The molecule has 0 N–H and O–H groups in total. The smallest absolute Gasteiger partial charge is 0.270 e. The Morgan fingerprint density at radius 2 is 1.65 bits per heavy atom. The molecule has 23 heavy (non-hydrogen) atoms. The second kappa shape index (κ2) is 6.60. The molecule has 118 valence electrons. The van der Waals surface area contributed by atoms with E-state index in [0.717, 1.165) is 37.1 Å². The van der Waals surface area contributed by atoms with E-state index < -0.39 is 4.92 Å². The molecule has 1 fully saturated rings. The highest BCUT2D eigenvalue weighted by molar-refractivity contribution is 5.94. The predicted molar refractivity (Wildman–Crippen MR) is 88.3 cm³/mol. The number of carbonyl (C=O) groups is 1. The molecule has 0 aliphatic carbocycles. The van der Waals surface area contributed by atoms with E-state index in [1.807, 2.05) is 23.1 Å². The van der Waals surface area contributed by atoms with Crippen LogP contribution in [-0.2, 0) is 0 Å². The molecule has 0 radical (unpaired) electrons. The lowest BCUT2D eigenvalue weighted by Crippen LogP contribution is -2.35. The first-order valence-corrected chi connectivity index (χ1v) is 7.79. The van der Waals surface area contributed by atoms with Crippen molar-refractivity contribution >= 4 is 11.6 Å². The quantitative estimate of drug-likeness (QED) is 0.638. The van der Waals surface area contributed by atoms with Crippen LogP contribution in [0.2, 0.25) is 0 Å². The number of likely N-dealkylation sites (tertiary alicyclic amines) is 1. The molecule has 0 atom stereocenters. The summed E-state index contributed by atoms with van der Waals surface area (Å²) in [5.74, 6) is 0.0651. The number of nitro benzene ring substituents is 1. The summed E-state index contributed by atoms with van der Waals surface area (Å²) in [5.41, 5.74) is 2.37. The van der Waals surface area contributed by atoms with E-state index in [2.05, 4.69) is 0 Å². The molecule has 5 nitrogen and oxygen atoms in total. The van der Waals surface area contributed by atoms with Crippen LogP contribution in [0, 0.1) is 10.1 Å². The molecule has 5 heteroatoms. The first-order chi connectivity index (χ1) is 11.1. The number of benzene rings is 2. The molecular formula is C18H18N2O3. The third kappa shape index (κ3) is 3.39. The summed E-state index contributed by atoms with van der Waals surface area (Å²) in [6, 6.07) is 13.8. The molecule has 3 rings (SSSR count). The lowest BCUT2D eigenvalue weighted by atomic mass is 10.0. The number of piperidine rings is 1. The first-order valence-electron chi connectivity index (χ1n) is 7.79. The number of nitrogens with zero attached hydrogens (tertiary/aromatic N) is 2. The van der Waals surface area contributed by atoms with Crippen LogP contribution in [0.15, 0.2) is 48.5 Å². The number of hydrogen-bond acceptors (Lipinski definition) is 3. The fraction of sp³-hybridized carbons (Fsp3) is 0.278. The van der Waals surface area contributed by atoms with Crippen LogP contribution in [-0.4, -0.2) is 28.8 Å². The molecule has 1 aliphatic heterocycles. The number of rotatable bonds is 3. The van der Waals surface area contributed by atoms with E-state index in [1.165, 1.54) is 12.5 Å². The zero-order chi connectivity index (χ0) is 16.2. The summed E-state index contributed by atoms with van der Waals surface area (Å²) in [7, 11) is 0. The lowest BCUT2D eigenvalue weighted by Gasteiger charge is -2.26. The molecule has 1 saturated heterocycles. The highest BCUT2D eigenvalue weighted by atomic mass is 16.6. The van der Waals surface area contributed by atoms with Crippen molar-refractivity contribution in [1.29, 1.82) is 0 Å². The van der Waals surface area contributed by atoms with Gasteiger partial charge in [-0.1, -0.05) is 24.3 Å². The van der Waals surface area contributed by atoms with E-state index in [9.17, 15) is 14.9 Å². The van der Waals surface area contributed by atoms with Crippen molar-refractivity contribution in [1.82, 2.24) is 4.90 Å². The number of nitro groups is 1. The standard InChI is InChI=1S/C18H18N2O3/c21-18(19-11-2-1-3-12-19)15-9-7-14(8-10-15)16-5-4-6-17(13-16)20(22)23/h4-10,13H,1-3,11-12H2. The van der Waals surface area contributed by atoms with Gasteiger partial charge < -0.3 is 4.90 Å². The van der Waals surface area contributed by atoms with E-state index in [1.54, 1.807) is 24.3 Å². The van der Waals surface area contributed by atoms with Crippen molar-refractivity contribution in [2.24, 2.45) is 0 Å². The van der Waals surface area contributed by atoms with Crippen LogP contribution in [0.4, 0.5) is 5.69 Å². The van der Waals surface area contributed by atoms with Crippen molar-refractivity contribution in [2.45, 2.75) is 19.3 Å². The zero-order valence-electron chi connectivity index (χ0n) is 12.8. The van der Waals surface area contributed by atoms with Crippen LogP contribution >= 0.6 is 0 Å². The van der Waals surface area contributed by atoms with Crippen molar-refractivity contribution in [3.8, 4) is 11.1 Å². The van der Waals surface area contributed by atoms with Crippen molar-refractivity contribution in [3.63, 3.8) is 0 Å². The summed E-state index contributed by atoms with van der Waals surface area (Å²) in [4.78, 5) is 24.8. The molecule has 1 amide bonds. The van der Waals surface area contributed by atoms with Crippen LogP contribution in [0.1, 0.15) is 29.6 Å². The predicted octanol–water partition coefficient (Wildman–Crippen LogP) is 3.89. The molecular weight excluding hydrogens is 292 g/mol. The lowest BCUT2D eigenvalue weighted by molar-refractivity contribution is -0.384. The Labute approximate surface area is 134 Å². The third-order valence-electron chi connectivity index (χ3n) is 4.17. The molecule has 1 aliphatic rings. The molecule has 2 aromatic rings. The normalized spacial score (nSPS) is 14.5. The molecule has 0 aromatic heterocycles. The third-order valence-corrected chi connectivity index (χ3v) is 4.17. The maximum Gasteiger partial charge on any atom is 0.270 e. The summed E-state index contributed by atoms with van der Waals surface area (Å²) >= 11 is 0. The van der Waals surface area contributed by atoms with Gasteiger partial charge in [0.2, 0.25) is 0 Å². The van der Waals surface area contributed by atoms with E-state index in [4.69, 9.17) is 0 Å². The summed E-state index contributed by atoms with van der Waals surface area (Å²) in [5, 5.41) is 10.9. The van der Waals surface area contributed by atoms with Crippen LogP contribution in [0.5, 0.6) is 0 Å². The van der Waals surface area contributed by atoms with Crippen LogP contribution in [0.3, 0.4) is 0 Å². The minimum Gasteiger partial charge on any atom is -0.339 e. The second-order valence-corrected chi connectivity index (χ2v) is 5.74. The minimum atomic E-state index is -0.405. The van der Waals surface area contributed by atoms with E-state index in [0.29, 0.717) is 5.56 Å². The van der Waals surface area contributed by atoms with Gasteiger partial charge in [0.05, 0.1) is 4.92 Å². The Morgan fingerprint density at radius 1 is 0.957 bits per heavy atom. The fourth-order valence-electron chi connectivity index (χ4n) is 2.88. The average Bonchev–Trinajstić information content (AvgIpc) is 2.62. The topological polar surface area (TPSA) is 63.4 Å². The monoisotopic (exact) mass is 310 g/mol. The Morgan fingerprint density at radius 3 is 2.30 bits per heavy atom. The summed E-state index contributed by atoms with van der Waals surface area (Å²) in [6.07, 6.45) is 3.32. The summed E-state index contributed by atoms with van der Waals surface area (Å²) < 4.78 is 0. The van der Waals surface area contributed by atoms with Crippen molar-refractivity contribution in [3.05, 3.63) is 64.2 Å². The zero-order valence-corrected chi connectivity index (χ0v) is 12.8. The first kappa shape index (κ1) is 15.2.